The van der Waals surface area contributed by atoms with E-state index >= 15 is 0 Å². The third-order valence-electron chi connectivity index (χ3n) is 5.35. The van der Waals surface area contributed by atoms with Gasteiger partial charge < -0.3 is 15.2 Å². The molecule has 29 heavy (non-hydrogen) atoms. The molecule has 160 valence electrons. The van der Waals surface area contributed by atoms with Gasteiger partial charge in [-0.2, -0.15) is 0 Å². The number of likely N-dealkylation sites (tertiary alicyclic amines) is 1. The summed E-state index contributed by atoms with van der Waals surface area (Å²) in [5.41, 5.74) is 0. The summed E-state index contributed by atoms with van der Waals surface area (Å²) >= 11 is 1.85. The minimum atomic E-state index is 0. The molecule has 2 N–H and O–H groups in total. The molecule has 2 aromatic rings. The van der Waals surface area contributed by atoms with E-state index in [4.69, 9.17) is 4.99 Å². The number of hydrogen-bond acceptors (Lipinski definition) is 5. The van der Waals surface area contributed by atoms with E-state index in [2.05, 4.69) is 56.9 Å². The Kier molecular flexibility index (Phi) is 9.57. The summed E-state index contributed by atoms with van der Waals surface area (Å²) in [6.45, 7) is 8.93. The number of guanidine groups is 1. The van der Waals surface area contributed by atoms with E-state index in [-0.39, 0.29) is 24.0 Å². The highest BCUT2D eigenvalue weighted by molar-refractivity contribution is 14.0. The first-order valence-corrected chi connectivity index (χ1v) is 10.7. The molecule has 1 aliphatic rings. The van der Waals surface area contributed by atoms with Crippen LogP contribution in [0.3, 0.4) is 0 Å². The van der Waals surface area contributed by atoms with E-state index < -0.39 is 0 Å². The second kappa shape index (κ2) is 11.7. The lowest BCUT2D eigenvalue weighted by molar-refractivity contribution is 0.125. The lowest BCUT2D eigenvalue weighted by atomic mass is 9.88. The molecule has 3 heterocycles. The van der Waals surface area contributed by atoms with Crippen LogP contribution < -0.4 is 10.6 Å². The topological polar surface area (TPSA) is 70.4 Å². The molecule has 0 spiro atoms. The summed E-state index contributed by atoms with van der Waals surface area (Å²) < 4.78 is 1.97. The molecule has 0 radical (unpaired) electrons. The number of halogens is 1. The Morgan fingerprint density at radius 3 is 2.86 bits per heavy atom. The van der Waals surface area contributed by atoms with E-state index in [0.29, 0.717) is 25.0 Å². The first kappa shape index (κ1) is 23.8. The summed E-state index contributed by atoms with van der Waals surface area (Å²) in [4.78, 5) is 8.64. The van der Waals surface area contributed by atoms with Gasteiger partial charge in [-0.25, -0.2) is 4.99 Å². The van der Waals surface area contributed by atoms with Crippen LogP contribution in [-0.2, 0) is 13.6 Å². The van der Waals surface area contributed by atoms with Gasteiger partial charge in [0.1, 0.15) is 12.4 Å². The van der Waals surface area contributed by atoms with Crippen LogP contribution in [-0.4, -0.2) is 52.3 Å². The fourth-order valence-corrected chi connectivity index (χ4v) is 4.68. The zero-order chi connectivity index (χ0) is 19.9. The monoisotopic (exact) mass is 529 g/mol. The Labute approximate surface area is 194 Å². The van der Waals surface area contributed by atoms with Crippen molar-refractivity contribution in [2.75, 3.05) is 26.7 Å². The molecule has 1 saturated heterocycles. The second-order valence-corrected chi connectivity index (χ2v) is 8.26. The van der Waals surface area contributed by atoms with Crippen molar-refractivity contribution in [2.24, 2.45) is 18.0 Å². The molecule has 2 unspecified atom stereocenters. The van der Waals surface area contributed by atoms with Crippen molar-refractivity contribution in [1.29, 1.82) is 0 Å². The van der Waals surface area contributed by atoms with Gasteiger partial charge >= 0.3 is 0 Å². The Balaban J connectivity index is 0.00000300. The largest absolute Gasteiger partial charge is 0.356 e. The maximum absolute atomic E-state index is 4.71. The molecule has 3 rings (SSSR count). The van der Waals surface area contributed by atoms with E-state index in [1.54, 1.807) is 0 Å². The third-order valence-corrected chi connectivity index (χ3v) is 6.29. The molecular formula is C20H32IN7S. The van der Waals surface area contributed by atoms with Crippen LogP contribution in [0.1, 0.15) is 35.4 Å². The number of hydrogen-bond donors (Lipinski definition) is 2. The molecular weight excluding hydrogens is 497 g/mol. The minimum Gasteiger partial charge on any atom is -0.356 e. The van der Waals surface area contributed by atoms with Crippen molar-refractivity contribution in [1.82, 2.24) is 30.3 Å². The van der Waals surface area contributed by atoms with Gasteiger partial charge in [0.2, 0.25) is 0 Å². The van der Waals surface area contributed by atoms with Crippen LogP contribution in [0.4, 0.5) is 0 Å². The Morgan fingerprint density at radius 2 is 2.21 bits per heavy atom. The second-order valence-electron chi connectivity index (χ2n) is 7.28. The van der Waals surface area contributed by atoms with Crippen LogP contribution in [0.25, 0.3) is 0 Å². The normalized spacial score (nSPS) is 20.2. The van der Waals surface area contributed by atoms with Gasteiger partial charge in [-0.3, -0.25) is 4.90 Å². The zero-order valence-electron chi connectivity index (χ0n) is 17.5. The molecule has 0 aromatic carbocycles. The average Bonchev–Trinajstić information content (AvgIpc) is 3.32. The highest BCUT2D eigenvalue weighted by atomic mass is 127. The van der Waals surface area contributed by atoms with Crippen molar-refractivity contribution in [3.8, 4) is 0 Å². The lowest BCUT2D eigenvalue weighted by Crippen LogP contribution is -2.45. The number of aryl methyl sites for hydroxylation is 1. The molecule has 0 bridgehead atoms. The molecule has 0 amide bonds. The van der Waals surface area contributed by atoms with Gasteiger partial charge in [0.25, 0.3) is 0 Å². The minimum absolute atomic E-state index is 0. The maximum atomic E-state index is 4.71. The number of nitrogens with one attached hydrogen (secondary N) is 2. The van der Waals surface area contributed by atoms with Crippen molar-refractivity contribution in [3.05, 3.63) is 46.7 Å². The molecule has 1 aliphatic heterocycles. The van der Waals surface area contributed by atoms with Gasteiger partial charge in [-0.05, 0) is 50.7 Å². The van der Waals surface area contributed by atoms with E-state index in [1.807, 2.05) is 36.0 Å². The first-order valence-electron chi connectivity index (χ1n) is 9.81. The summed E-state index contributed by atoms with van der Waals surface area (Å²) in [6, 6.07) is 4.86. The zero-order valence-corrected chi connectivity index (χ0v) is 20.6. The average molecular weight is 529 g/mol. The highest BCUT2D eigenvalue weighted by Crippen LogP contribution is 2.36. The van der Waals surface area contributed by atoms with Crippen molar-refractivity contribution < 1.29 is 0 Å². The number of aliphatic imine (C=N–C) groups is 1. The standard InChI is InChI=1S/C20H31N7S.HI/c1-5-10-21-20(23-14-18-25-24-15(2)27(18)4)22-13-16-8-6-11-26(3)19(16)17-9-7-12-28-17;/h5,7,9,12,16,19H,1,6,8,10-11,13-14H2,2-4H3,(H2,21,22,23);1H. The predicted molar refractivity (Wildman–Crippen MR) is 131 cm³/mol. The third kappa shape index (κ3) is 6.26. The van der Waals surface area contributed by atoms with Crippen molar-refractivity contribution in [3.63, 3.8) is 0 Å². The van der Waals surface area contributed by atoms with E-state index in [9.17, 15) is 0 Å². The van der Waals surface area contributed by atoms with E-state index in [0.717, 1.165) is 30.7 Å². The number of rotatable bonds is 7. The molecule has 2 aromatic heterocycles. The van der Waals surface area contributed by atoms with Crippen LogP contribution in [0.5, 0.6) is 0 Å². The van der Waals surface area contributed by atoms with Gasteiger partial charge in [0, 0.05) is 31.1 Å². The number of thiophene rings is 1. The molecule has 2 atom stereocenters. The SMILES string of the molecule is C=CCNC(=NCc1nnc(C)n1C)NCC1CCCN(C)C1c1cccs1.I. The molecule has 0 aliphatic carbocycles. The molecule has 9 heteroatoms. The van der Waals surface area contributed by atoms with Crippen LogP contribution in [0, 0.1) is 12.8 Å². The highest BCUT2D eigenvalue weighted by Gasteiger charge is 2.31. The fraction of sp³-hybridized carbons (Fsp3) is 0.550. The van der Waals surface area contributed by atoms with Gasteiger partial charge in [0.05, 0.1) is 0 Å². The van der Waals surface area contributed by atoms with Crippen LogP contribution in [0.2, 0.25) is 0 Å². The smallest absolute Gasteiger partial charge is 0.191 e. The van der Waals surface area contributed by atoms with Crippen molar-refractivity contribution in [2.45, 2.75) is 32.4 Å². The fourth-order valence-electron chi connectivity index (χ4n) is 3.69. The van der Waals surface area contributed by atoms with Gasteiger partial charge in [-0.15, -0.1) is 52.1 Å². The summed E-state index contributed by atoms with van der Waals surface area (Å²) in [5, 5.41) is 17.3. The molecule has 7 nitrogen and oxygen atoms in total. The number of nitrogens with zero attached hydrogens (tertiary/aromatic N) is 5. The Morgan fingerprint density at radius 1 is 1.38 bits per heavy atom. The maximum Gasteiger partial charge on any atom is 0.191 e. The predicted octanol–water partition coefficient (Wildman–Crippen LogP) is 3.11. The quantitative estimate of drug-likeness (QED) is 0.250. The molecule has 1 fully saturated rings. The van der Waals surface area contributed by atoms with E-state index in [1.165, 1.54) is 17.7 Å². The Hall–Kier alpha value is -1.46. The Bertz CT molecular complexity index is 787. The summed E-state index contributed by atoms with van der Waals surface area (Å²) in [6.07, 6.45) is 4.29. The lowest BCUT2D eigenvalue weighted by Gasteiger charge is -2.39. The number of piperidine rings is 1. The number of aromatic nitrogens is 3. The summed E-state index contributed by atoms with van der Waals surface area (Å²) in [7, 11) is 4.20. The first-order chi connectivity index (χ1) is 13.6. The summed E-state index contributed by atoms with van der Waals surface area (Å²) in [5.74, 6) is 3.08. The van der Waals surface area contributed by atoms with Gasteiger partial charge in [0.15, 0.2) is 11.8 Å². The molecule has 0 saturated carbocycles. The van der Waals surface area contributed by atoms with Crippen LogP contribution >= 0.6 is 35.3 Å². The van der Waals surface area contributed by atoms with Crippen molar-refractivity contribution >= 4 is 41.3 Å². The van der Waals surface area contributed by atoms with Crippen LogP contribution in [0.15, 0.2) is 35.2 Å². The van der Waals surface area contributed by atoms with Gasteiger partial charge in [-0.1, -0.05) is 12.1 Å².